The summed E-state index contributed by atoms with van der Waals surface area (Å²) < 4.78 is 18.0. The Balaban J connectivity index is 1.72. The van der Waals surface area contributed by atoms with Crippen molar-refractivity contribution in [1.82, 2.24) is 0 Å². The van der Waals surface area contributed by atoms with Gasteiger partial charge in [-0.25, -0.2) is 9.18 Å². The Morgan fingerprint density at radius 3 is 2.57 bits per heavy atom. The van der Waals surface area contributed by atoms with E-state index in [1.54, 1.807) is 24.3 Å². The maximum Gasteiger partial charge on any atom is 0.414 e. The van der Waals surface area contributed by atoms with Gasteiger partial charge in [0.1, 0.15) is 12.4 Å². The number of carbonyl (C=O) groups is 2. The summed E-state index contributed by atoms with van der Waals surface area (Å²) in [5.41, 5.74) is 1.46. The molecule has 23 heavy (non-hydrogen) atoms. The number of benzene rings is 2. The van der Waals surface area contributed by atoms with Crippen molar-refractivity contribution in [2.45, 2.75) is 0 Å². The fourth-order valence-electron chi connectivity index (χ4n) is 2.20. The van der Waals surface area contributed by atoms with Gasteiger partial charge in [-0.05, 0) is 42.5 Å². The Hall–Kier alpha value is -2.60. The van der Waals surface area contributed by atoms with Gasteiger partial charge in [-0.1, -0.05) is 11.6 Å². The molecule has 0 spiro atoms. The normalized spacial score (nSPS) is 13.8. The van der Waals surface area contributed by atoms with Crippen LogP contribution in [-0.2, 0) is 4.74 Å². The highest BCUT2D eigenvalue weighted by atomic mass is 35.5. The van der Waals surface area contributed by atoms with Crippen molar-refractivity contribution in [3.8, 4) is 0 Å². The average molecular weight is 335 g/mol. The maximum absolute atomic E-state index is 13.1. The molecular weight excluding hydrogens is 323 g/mol. The molecule has 0 saturated carbocycles. The average Bonchev–Trinajstić information content (AvgIpc) is 2.97. The number of cyclic esters (lactones) is 1. The van der Waals surface area contributed by atoms with E-state index in [4.69, 9.17) is 16.3 Å². The topological polar surface area (TPSA) is 58.6 Å². The molecular formula is C16H12ClFN2O3. The Morgan fingerprint density at radius 1 is 1.22 bits per heavy atom. The molecule has 2 aromatic carbocycles. The Bertz CT molecular complexity index is 764. The molecule has 1 heterocycles. The van der Waals surface area contributed by atoms with E-state index >= 15 is 0 Å². The molecule has 0 radical (unpaired) electrons. The molecule has 7 heteroatoms. The monoisotopic (exact) mass is 334 g/mol. The smallest absolute Gasteiger partial charge is 0.414 e. The van der Waals surface area contributed by atoms with Gasteiger partial charge < -0.3 is 10.1 Å². The first-order valence-electron chi connectivity index (χ1n) is 6.85. The van der Waals surface area contributed by atoms with Crippen LogP contribution in [0.1, 0.15) is 10.4 Å². The minimum absolute atomic E-state index is 0.0642. The van der Waals surface area contributed by atoms with Crippen molar-refractivity contribution in [2.24, 2.45) is 0 Å². The molecule has 0 bridgehead atoms. The van der Waals surface area contributed by atoms with Gasteiger partial charge in [0.2, 0.25) is 0 Å². The van der Waals surface area contributed by atoms with Crippen molar-refractivity contribution in [2.75, 3.05) is 23.4 Å². The number of nitrogens with one attached hydrogen (secondary N) is 1. The molecule has 3 rings (SSSR count). The number of ether oxygens (including phenoxy) is 1. The van der Waals surface area contributed by atoms with Crippen LogP contribution in [0.25, 0.3) is 0 Å². The minimum atomic E-state index is -0.550. The number of amides is 2. The molecule has 0 unspecified atom stereocenters. The SMILES string of the molecule is O=C(Nc1ccc(F)c(Cl)c1)c1ccc(N2CCOC2=O)cc1. The molecule has 2 aromatic rings. The molecule has 0 atom stereocenters. The molecule has 1 N–H and O–H groups in total. The summed E-state index contributed by atoms with van der Waals surface area (Å²) in [4.78, 5) is 25.1. The lowest BCUT2D eigenvalue weighted by atomic mass is 10.1. The zero-order valence-corrected chi connectivity index (χ0v) is 12.6. The highest BCUT2D eigenvalue weighted by Crippen LogP contribution is 2.22. The second-order valence-electron chi connectivity index (χ2n) is 4.90. The van der Waals surface area contributed by atoms with E-state index in [1.807, 2.05) is 0 Å². The second-order valence-corrected chi connectivity index (χ2v) is 5.30. The van der Waals surface area contributed by atoms with Gasteiger partial charge in [-0.3, -0.25) is 9.69 Å². The van der Waals surface area contributed by atoms with Crippen molar-refractivity contribution in [3.05, 3.63) is 58.9 Å². The number of anilines is 2. The van der Waals surface area contributed by atoms with E-state index in [2.05, 4.69) is 5.32 Å². The van der Waals surface area contributed by atoms with Crippen LogP contribution in [0.15, 0.2) is 42.5 Å². The largest absolute Gasteiger partial charge is 0.447 e. The van der Waals surface area contributed by atoms with Gasteiger partial charge in [0.15, 0.2) is 0 Å². The van der Waals surface area contributed by atoms with Crippen molar-refractivity contribution < 1.29 is 18.7 Å². The van der Waals surface area contributed by atoms with Gasteiger partial charge in [0.05, 0.1) is 11.6 Å². The van der Waals surface area contributed by atoms with E-state index in [9.17, 15) is 14.0 Å². The summed E-state index contributed by atoms with van der Waals surface area (Å²) in [5.74, 6) is -0.908. The maximum atomic E-state index is 13.1. The van der Waals surface area contributed by atoms with Crippen LogP contribution in [0.4, 0.5) is 20.6 Å². The van der Waals surface area contributed by atoms with Gasteiger partial charge in [-0.15, -0.1) is 0 Å². The first-order chi connectivity index (χ1) is 11.0. The predicted molar refractivity (Wildman–Crippen MR) is 84.5 cm³/mol. The van der Waals surface area contributed by atoms with Gasteiger partial charge in [-0.2, -0.15) is 0 Å². The summed E-state index contributed by atoms with van der Waals surface area (Å²) in [6.45, 7) is 0.838. The first kappa shape index (κ1) is 15.3. The summed E-state index contributed by atoms with van der Waals surface area (Å²) in [6, 6.07) is 10.5. The van der Waals surface area contributed by atoms with Crippen LogP contribution < -0.4 is 10.2 Å². The number of halogens is 2. The summed E-state index contributed by atoms with van der Waals surface area (Å²) >= 11 is 5.67. The second kappa shape index (κ2) is 6.26. The Morgan fingerprint density at radius 2 is 1.96 bits per heavy atom. The van der Waals surface area contributed by atoms with Crippen molar-refractivity contribution >= 4 is 35.0 Å². The fourth-order valence-corrected chi connectivity index (χ4v) is 2.38. The van der Waals surface area contributed by atoms with Crippen LogP contribution in [0.5, 0.6) is 0 Å². The third-order valence-electron chi connectivity index (χ3n) is 3.38. The Kier molecular flexibility index (Phi) is 4.16. The standard InChI is InChI=1S/C16H12ClFN2O3/c17-13-9-11(3-6-14(13)18)19-15(21)10-1-4-12(5-2-10)20-7-8-23-16(20)22/h1-6,9H,7-8H2,(H,19,21). The van der Waals surface area contributed by atoms with Gasteiger partial charge in [0, 0.05) is 16.9 Å². The molecule has 1 fully saturated rings. The van der Waals surface area contributed by atoms with Crippen molar-refractivity contribution in [3.63, 3.8) is 0 Å². The van der Waals surface area contributed by atoms with Crippen molar-refractivity contribution in [1.29, 1.82) is 0 Å². The lowest BCUT2D eigenvalue weighted by Gasteiger charge is -2.13. The number of carbonyl (C=O) groups excluding carboxylic acids is 2. The predicted octanol–water partition coefficient (Wildman–Crippen LogP) is 3.69. The van der Waals surface area contributed by atoms with Gasteiger partial charge in [0.25, 0.3) is 5.91 Å². The minimum Gasteiger partial charge on any atom is -0.447 e. The van der Waals surface area contributed by atoms with E-state index in [0.29, 0.717) is 30.1 Å². The molecule has 0 aromatic heterocycles. The van der Waals surface area contributed by atoms with Crippen LogP contribution in [-0.4, -0.2) is 25.2 Å². The fraction of sp³-hybridized carbons (Fsp3) is 0.125. The third-order valence-corrected chi connectivity index (χ3v) is 3.67. The van der Waals surface area contributed by atoms with E-state index in [1.165, 1.54) is 23.1 Å². The summed E-state index contributed by atoms with van der Waals surface area (Å²) in [5, 5.41) is 2.56. The van der Waals surface area contributed by atoms with Crippen LogP contribution >= 0.6 is 11.6 Å². The third kappa shape index (κ3) is 3.27. The van der Waals surface area contributed by atoms with E-state index < -0.39 is 11.9 Å². The zero-order chi connectivity index (χ0) is 16.4. The molecule has 2 amide bonds. The van der Waals surface area contributed by atoms with E-state index in [0.717, 1.165) is 0 Å². The molecule has 0 aliphatic carbocycles. The van der Waals surface area contributed by atoms with E-state index in [-0.39, 0.29) is 10.9 Å². The van der Waals surface area contributed by atoms with Crippen LogP contribution in [0, 0.1) is 5.82 Å². The quantitative estimate of drug-likeness (QED) is 0.931. The highest BCUT2D eigenvalue weighted by Gasteiger charge is 2.23. The first-order valence-corrected chi connectivity index (χ1v) is 7.23. The molecule has 1 aliphatic heterocycles. The Labute approximate surface area is 136 Å². The molecule has 1 saturated heterocycles. The highest BCUT2D eigenvalue weighted by molar-refractivity contribution is 6.31. The number of rotatable bonds is 3. The van der Waals surface area contributed by atoms with Gasteiger partial charge >= 0.3 is 6.09 Å². The summed E-state index contributed by atoms with van der Waals surface area (Å²) in [7, 11) is 0. The number of hydrogen-bond donors (Lipinski definition) is 1. The number of nitrogens with zero attached hydrogens (tertiary/aromatic N) is 1. The van der Waals surface area contributed by atoms with Crippen LogP contribution in [0.2, 0.25) is 5.02 Å². The number of hydrogen-bond acceptors (Lipinski definition) is 3. The molecule has 1 aliphatic rings. The lowest BCUT2D eigenvalue weighted by Crippen LogP contribution is -2.23. The lowest BCUT2D eigenvalue weighted by molar-refractivity contribution is 0.102. The summed E-state index contributed by atoms with van der Waals surface area (Å²) in [6.07, 6.45) is -0.400. The zero-order valence-electron chi connectivity index (χ0n) is 11.9. The molecule has 5 nitrogen and oxygen atoms in total. The molecule has 118 valence electrons. The van der Waals surface area contributed by atoms with Crippen LogP contribution in [0.3, 0.4) is 0 Å².